The number of nitrogens with one attached hydrogen (secondary N) is 1. The Labute approximate surface area is 152 Å². The number of hydrogen-bond acceptors (Lipinski definition) is 7. The number of anilines is 2. The predicted octanol–water partition coefficient (Wildman–Crippen LogP) is 3.40. The molecule has 1 aliphatic rings. The number of nitrogens with zero attached hydrogens (tertiary/aromatic N) is 4. The smallest absolute Gasteiger partial charge is 0.224 e. The summed E-state index contributed by atoms with van der Waals surface area (Å²) in [5, 5.41) is 2.79. The monoisotopic (exact) mass is 379 g/mol. The van der Waals surface area contributed by atoms with E-state index in [-0.39, 0.29) is 11.1 Å². The van der Waals surface area contributed by atoms with E-state index in [0.717, 1.165) is 18.6 Å². The van der Waals surface area contributed by atoms with E-state index in [1.807, 2.05) is 0 Å². The van der Waals surface area contributed by atoms with E-state index in [1.54, 1.807) is 18.2 Å². The van der Waals surface area contributed by atoms with E-state index in [0.29, 0.717) is 30.4 Å². The van der Waals surface area contributed by atoms with Gasteiger partial charge in [0.25, 0.3) is 0 Å². The maximum Gasteiger partial charge on any atom is 0.224 e. The number of rotatable bonds is 2. The normalized spacial score (nSPS) is 12.0. The highest BCUT2D eigenvalue weighted by Crippen LogP contribution is 2.33. The molecule has 0 fully saturated rings. The van der Waals surface area contributed by atoms with Crippen LogP contribution in [0.3, 0.4) is 0 Å². The fraction of sp³-hybridized carbons (Fsp3) is 0.125. The molecule has 1 aromatic carbocycles. The van der Waals surface area contributed by atoms with Crippen LogP contribution in [-0.2, 0) is 0 Å². The van der Waals surface area contributed by atoms with E-state index >= 15 is 0 Å². The third-order valence-corrected chi connectivity index (χ3v) is 3.23. The Morgan fingerprint density at radius 3 is 2.42 bits per heavy atom. The molecule has 1 N–H and O–H groups in total. The Morgan fingerprint density at radius 1 is 1.00 bits per heavy atom. The van der Waals surface area contributed by atoms with Gasteiger partial charge in [0.05, 0.1) is 18.6 Å². The fourth-order valence-corrected chi connectivity index (χ4v) is 2.11. The molecule has 0 saturated carbocycles. The van der Waals surface area contributed by atoms with Crippen LogP contribution in [-0.4, -0.2) is 33.1 Å². The van der Waals surface area contributed by atoms with Crippen molar-refractivity contribution in [2.45, 2.75) is 0 Å². The fourth-order valence-electron chi connectivity index (χ4n) is 1.97. The average Bonchev–Trinajstić information content (AvgIpc) is 2.66. The first kappa shape index (κ1) is 17.7. The van der Waals surface area contributed by atoms with Gasteiger partial charge in [-0.05, 0) is 23.7 Å². The lowest BCUT2D eigenvalue weighted by Crippen LogP contribution is -2.15. The Kier molecular flexibility index (Phi) is 5.69. The molecule has 0 aliphatic carbocycles. The largest absolute Gasteiger partial charge is 0.486 e. The van der Waals surface area contributed by atoms with E-state index in [2.05, 4.69) is 25.3 Å². The highest BCUT2D eigenvalue weighted by atomic mass is 35.5. The van der Waals surface area contributed by atoms with Crippen molar-refractivity contribution in [3.8, 4) is 11.5 Å². The minimum atomic E-state index is -0.584. The molecule has 0 radical (unpaired) electrons. The molecule has 0 bridgehead atoms. The SMILES string of the molecule is Fc1cnc(Cl)nc1Nc1ccc2c(c1)OCCO2.Fc1cncnc1. The first-order valence-electron chi connectivity index (χ1n) is 7.37. The molecule has 0 unspecified atom stereocenters. The Morgan fingerprint density at radius 2 is 1.73 bits per heavy atom. The van der Waals surface area contributed by atoms with Crippen molar-refractivity contribution in [3.63, 3.8) is 0 Å². The number of halogens is 3. The first-order valence-corrected chi connectivity index (χ1v) is 7.75. The van der Waals surface area contributed by atoms with Gasteiger partial charge < -0.3 is 14.8 Å². The summed E-state index contributed by atoms with van der Waals surface area (Å²) >= 11 is 5.62. The third-order valence-electron chi connectivity index (χ3n) is 3.05. The number of fused-ring (bicyclic) bond motifs is 1. The molecule has 134 valence electrons. The summed E-state index contributed by atoms with van der Waals surface area (Å²) < 4.78 is 36.1. The van der Waals surface area contributed by atoms with Crippen molar-refractivity contribution < 1.29 is 18.3 Å². The zero-order valence-electron chi connectivity index (χ0n) is 13.2. The van der Waals surface area contributed by atoms with E-state index < -0.39 is 11.6 Å². The van der Waals surface area contributed by atoms with Crippen molar-refractivity contribution in [1.82, 2.24) is 19.9 Å². The van der Waals surface area contributed by atoms with Gasteiger partial charge in [0.1, 0.15) is 19.5 Å². The molecule has 0 spiro atoms. The maximum absolute atomic E-state index is 13.5. The summed E-state index contributed by atoms with van der Waals surface area (Å²) in [6.45, 7) is 1.01. The summed E-state index contributed by atoms with van der Waals surface area (Å²) in [6, 6.07) is 5.20. The molecular weight excluding hydrogens is 368 g/mol. The van der Waals surface area contributed by atoms with Gasteiger partial charge in [0.15, 0.2) is 29.0 Å². The highest BCUT2D eigenvalue weighted by Gasteiger charge is 2.13. The van der Waals surface area contributed by atoms with Crippen LogP contribution in [0.25, 0.3) is 0 Å². The zero-order chi connectivity index (χ0) is 18.4. The van der Waals surface area contributed by atoms with Gasteiger partial charge in [0.2, 0.25) is 5.28 Å². The van der Waals surface area contributed by atoms with Crippen molar-refractivity contribution in [2.75, 3.05) is 18.5 Å². The Hall–Kier alpha value is -3.07. The molecule has 4 rings (SSSR count). The van der Waals surface area contributed by atoms with Crippen molar-refractivity contribution >= 4 is 23.1 Å². The van der Waals surface area contributed by atoms with E-state index in [1.165, 1.54) is 6.33 Å². The molecule has 0 amide bonds. The second kappa shape index (κ2) is 8.34. The summed E-state index contributed by atoms with van der Waals surface area (Å²) in [5.41, 5.74) is 0.623. The molecular formula is C16H12ClF2N5O2. The van der Waals surface area contributed by atoms with Gasteiger partial charge in [-0.3, -0.25) is 0 Å². The standard InChI is InChI=1S/C12H9ClFN3O2.C4H3FN2/c13-12-15-6-8(14)11(17-12)16-7-1-2-9-10(5-7)19-4-3-18-9;5-4-1-6-3-7-2-4/h1-2,5-6H,3-4H2,(H,15,16,17);1-3H. The number of aromatic nitrogens is 4. The summed E-state index contributed by atoms with van der Waals surface area (Å²) in [7, 11) is 0. The maximum atomic E-state index is 13.5. The van der Waals surface area contributed by atoms with Crippen LogP contribution in [0.4, 0.5) is 20.3 Å². The highest BCUT2D eigenvalue weighted by molar-refractivity contribution is 6.28. The lowest BCUT2D eigenvalue weighted by Gasteiger charge is -2.19. The van der Waals surface area contributed by atoms with Crippen LogP contribution in [0.1, 0.15) is 0 Å². The third kappa shape index (κ3) is 4.73. The molecule has 0 atom stereocenters. The van der Waals surface area contributed by atoms with Gasteiger partial charge in [0, 0.05) is 11.8 Å². The molecule has 7 nitrogen and oxygen atoms in total. The van der Waals surface area contributed by atoms with Crippen LogP contribution in [0.15, 0.2) is 43.1 Å². The molecule has 0 saturated heterocycles. The molecule has 3 heterocycles. The van der Waals surface area contributed by atoms with Gasteiger partial charge in [-0.25, -0.2) is 23.7 Å². The van der Waals surface area contributed by atoms with Gasteiger partial charge in [-0.2, -0.15) is 4.98 Å². The molecule has 1 aliphatic heterocycles. The quantitative estimate of drug-likeness (QED) is 0.683. The minimum Gasteiger partial charge on any atom is -0.486 e. The summed E-state index contributed by atoms with van der Waals surface area (Å²) in [6.07, 6.45) is 4.50. The van der Waals surface area contributed by atoms with Gasteiger partial charge >= 0.3 is 0 Å². The van der Waals surface area contributed by atoms with Crippen LogP contribution in [0, 0.1) is 11.6 Å². The first-order chi connectivity index (χ1) is 12.6. The summed E-state index contributed by atoms with van der Waals surface area (Å²) in [5.74, 6) is 0.299. The van der Waals surface area contributed by atoms with Crippen LogP contribution < -0.4 is 14.8 Å². The average molecular weight is 380 g/mol. The van der Waals surface area contributed by atoms with Crippen molar-refractivity contribution in [3.05, 3.63) is 60.0 Å². The van der Waals surface area contributed by atoms with Crippen LogP contribution in [0.2, 0.25) is 5.28 Å². The number of hydrogen-bond donors (Lipinski definition) is 1. The number of ether oxygens (including phenoxy) is 2. The molecule has 26 heavy (non-hydrogen) atoms. The predicted molar refractivity (Wildman–Crippen MR) is 89.7 cm³/mol. The van der Waals surface area contributed by atoms with Crippen molar-refractivity contribution in [2.24, 2.45) is 0 Å². The molecule has 10 heteroatoms. The van der Waals surface area contributed by atoms with Gasteiger partial charge in [-0.15, -0.1) is 0 Å². The topological polar surface area (TPSA) is 82.1 Å². The van der Waals surface area contributed by atoms with Crippen LogP contribution in [0.5, 0.6) is 11.5 Å². The zero-order valence-corrected chi connectivity index (χ0v) is 14.0. The molecule has 3 aromatic rings. The second-order valence-electron chi connectivity index (χ2n) is 4.88. The second-order valence-corrected chi connectivity index (χ2v) is 5.21. The Balaban J connectivity index is 0.000000236. The Bertz CT molecular complexity index is 886. The van der Waals surface area contributed by atoms with Gasteiger partial charge in [-0.1, -0.05) is 0 Å². The number of benzene rings is 1. The minimum absolute atomic E-state index is 0.0108. The van der Waals surface area contributed by atoms with E-state index in [9.17, 15) is 8.78 Å². The van der Waals surface area contributed by atoms with E-state index in [4.69, 9.17) is 21.1 Å². The van der Waals surface area contributed by atoms with Crippen LogP contribution >= 0.6 is 11.6 Å². The lowest BCUT2D eigenvalue weighted by atomic mass is 10.2. The summed E-state index contributed by atoms with van der Waals surface area (Å²) in [4.78, 5) is 14.1. The lowest BCUT2D eigenvalue weighted by molar-refractivity contribution is 0.171. The molecule has 2 aromatic heterocycles. The van der Waals surface area contributed by atoms with Crippen molar-refractivity contribution in [1.29, 1.82) is 0 Å².